The number of rotatable bonds is 3. The summed E-state index contributed by atoms with van der Waals surface area (Å²) in [6.45, 7) is 0.981. The summed E-state index contributed by atoms with van der Waals surface area (Å²) in [6, 6.07) is 0. The fourth-order valence-electron chi connectivity index (χ4n) is 1.24. The Morgan fingerprint density at radius 3 is 3.00 bits per heavy atom. The minimum Gasteiger partial charge on any atom is -0.395 e. The molecule has 0 spiro atoms. The highest BCUT2D eigenvalue weighted by atomic mass is 16.5. The molecular weight excluding hydrogens is 158 g/mol. The van der Waals surface area contributed by atoms with Gasteiger partial charge in [-0.1, -0.05) is 0 Å². The summed E-state index contributed by atoms with van der Waals surface area (Å²) in [7, 11) is 0. The van der Waals surface area contributed by atoms with Crippen molar-refractivity contribution in [1.82, 2.24) is 5.32 Å². The molecule has 1 aliphatic rings. The van der Waals surface area contributed by atoms with Crippen LogP contribution in [0.25, 0.3) is 0 Å². The van der Waals surface area contributed by atoms with Gasteiger partial charge in [-0.2, -0.15) is 0 Å². The first-order valence-corrected chi connectivity index (χ1v) is 4.35. The van der Waals surface area contributed by atoms with Gasteiger partial charge < -0.3 is 15.2 Å². The average molecular weight is 173 g/mol. The lowest BCUT2D eigenvalue weighted by atomic mass is 10.1. The monoisotopic (exact) mass is 173 g/mol. The van der Waals surface area contributed by atoms with Crippen LogP contribution < -0.4 is 5.32 Å². The van der Waals surface area contributed by atoms with Crippen LogP contribution >= 0.6 is 0 Å². The van der Waals surface area contributed by atoms with Crippen molar-refractivity contribution in [1.29, 1.82) is 0 Å². The molecule has 1 amide bonds. The van der Waals surface area contributed by atoms with E-state index < -0.39 is 0 Å². The lowest BCUT2D eigenvalue weighted by molar-refractivity contribution is -0.135. The summed E-state index contributed by atoms with van der Waals surface area (Å²) >= 11 is 0. The van der Waals surface area contributed by atoms with Gasteiger partial charge >= 0.3 is 0 Å². The molecule has 1 heterocycles. The van der Waals surface area contributed by atoms with Gasteiger partial charge in [0.05, 0.1) is 6.61 Å². The quantitative estimate of drug-likeness (QED) is 0.614. The zero-order valence-electron chi connectivity index (χ0n) is 7.08. The topological polar surface area (TPSA) is 58.6 Å². The minimum absolute atomic E-state index is 0.0154. The van der Waals surface area contributed by atoms with Gasteiger partial charge in [-0.05, 0) is 19.3 Å². The van der Waals surface area contributed by atoms with Crippen molar-refractivity contribution >= 4 is 5.91 Å². The Labute approximate surface area is 71.9 Å². The standard InChI is InChI=1S/C8H15NO3/c10-5-4-9-8(11)7-3-1-2-6-12-7/h7,10H,1-6H2,(H,9,11). The number of ether oxygens (including phenoxy) is 1. The lowest BCUT2D eigenvalue weighted by Crippen LogP contribution is -2.39. The van der Waals surface area contributed by atoms with Crippen LogP contribution in [0.4, 0.5) is 0 Å². The van der Waals surface area contributed by atoms with Gasteiger partial charge in [0.2, 0.25) is 5.91 Å². The van der Waals surface area contributed by atoms with Gasteiger partial charge in [0.1, 0.15) is 6.10 Å². The Balaban J connectivity index is 2.20. The van der Waals surface area contributed by atoms with Crippen molar-refractivity contribution in [3.05, 3.63) is 0 Å². The molecular formula is C8H15NO3. The third kappa shape index (κ3) is 2.79. The molecule has 1 unspecified atom stereocenters. The molecule has 4 heteroatoms. The number of aliphatic hydroxyl groups is 1. The summed E-state index contributed by atoms with van der Waals surface area (Å²) in [5.41, 5.74) is 0. The number of hydrogen-bond acceptors (Lipinski definition) is 3. The first-order valence-electron chi connectivity index (χ1n) is 4.35. The van der Waals surface area contributed by atoms with Crippen LogP contribution in [-0.4, -0.2) is 36.9 Å². The molecule has 1 aliphatic heterocycles. The van der Waals surface area contributed by atoms with E-state index in [2.05, 4.69) is 5.32 Å². The van der Waals surface area contributed by atoms with Gasteiger partial charge in [-0.3, -0.25) is 4.79 Å². The van der Waals surface area contributed by atoms with Crippen molar-refractivity contribution in [3.8, 4) is 0 Å². The van der Waals surface area contributed by atoms with Gasteiger partial charge in [-0.25, -0.2) is 0 Å². The van der Waals surface area contributed by atoms with E-state index in [1.807, 2.05) is 0 Å². The fraction of sp³-hybridized carbons (Fsp3) is 0.875. The molecule has 0 aromatic heterocycles. The number of aliphatic hydroxyl groups excluding tert-OH is 1. The van der Waals surface area contributed by atoms with E-state index in [0.29, 0.717) is 13.2 Å². The maximum atomic E-state index is 11.2. The first-order chi connectivity index (χ1) is 5.84. The van der Waals surface area contributed by atoms with Gasteiger partial charge in [-0.15, -0.1) is 0 Å². The number of carbonyl (C=O) groups is 1. The molecule has 2 N–H and O–H groups in total. The highest BCUT2D eigenvalue weighted by molar-refractivity contribution is 5.80. The predicted molar refractivity (Wildman–Crippen MR) is 43.7 cm³/mol. The molecule has 1 fully saturated rings. The molecule has 0 aromatic carbocycles. The molecule has 1 rings (SSSR count). The third-order valence-electron chi connectivity index (χ3n) is 1.88. The average Bonchev–Trinajstić information content (AvgIpc) is 2.15. The molecule has 4 nitrogen and oxygen atoms in total. The van der Waals surface area contributed by atoms with E-state index in [-0.39, 0.29) is 18.6 Å². The van der Waals surface area contributed by atoms with Crippen LogP contribution in [0, 0.1) is 0 Å². The van der Waals surface area contributed by atoms with E-state index in [9.17, 15) is 4.79 Å². The second-order valence-corrected chi connectivity index (χ2v) is 2.87. The summed E-state index contributed by atoms with van der Waals surface area (Å²) in [4.78, 5) is 11.2. The summed E-state index contributed by atoms with van der Waals surface area (Å²) in [5.74, 6) is -0.0937. The Hall–Kier alpha value is -0.610. The predicted octanol–water partition coefficient (Wildman–Crippen LogP) is -0.336. The van der Waals surface area contributed by atoms with Gasteiger partial charge in [0, 0.05) is 13.2 Å². The largest absolute Gasteiger partial charge is 0.395 e. The Bertz CT molecular complexity index is 143. The summed E-state index contributed by atoms with van der Waals surface area (Å²) < 4.78 is 5.24. The highest BCUT2D eigenvalue weighted by Gasteiger charge is 2.20. The molecule has 1 saturated heterocycles. The zero-order chi connectivity index (χ0) is 8.81. The van der Waals surface area contributed by atoms with Gasteiger partial charge in [0.25, 0.3) is 0 Å². The van der Waals surface area contributed by atoms with Crippen molar-refractivity contribution in [2.45, 2.75) is 25.4 Å². The van der Waals surface area contributed by atoms with E-state index in [0.717, 1.165) is 19.3 Å². The van der Waals surface area contributed by atoms with Crippen LogP contribution in [0.3, 0.4) is 0 Å². The molecule has 0 bridgehead atoms. The zero-order valence-corrected chi connectivity index (χ0v) is 7.08. The van der Waals surface area contributed by atoms with Crippen molar-refractivity contribution in [3.63, 3.8) is 0 Å². The Morgan fingerprint density at radius 2 is 2.42 bits per heavy atom. The maximum absolute atomic E-state index is 11.2. The molecule has 0 radical (unpaired) electrons. The van der Waals surface area contributed by atoms with Crippen molar-refractivity contribution in [2.75, 3.05) is 19.8 Å². The number of hydrogen-bond donors (Lipinski definition) is 2. The Morgan fingerprint density at radius 1 is 1.58 bits per heavy atom. The third-order valence-corrected chi connectivity index (χ3v) is 1.88. The van der Waals surface area contributed by atoms with E-state index in [1.165, 1.54) is 0 Å². The Kier molecular flexibility index (Phi) is 4.04. The van der Waals surface area contributed by atoms with Crippen LogP contribution in [0.2, 0.25) is 0 Å². The normalized spacial score (nSPS) is 23.6. The van der Waals surface area contributed by atoms with Gasteiger partial charge in [0.15, 0.2) is 0 Å². The van der Waals surface area contributed by atoms with E-state index >= 15 is 0 Å². The minimum atomic E-state index is -0.287. The number of nitrogens with one attached hydrogen (secondary N) is 1. The molecule has 0 aliphatic carbocycles. The molecule has 0 aromatic rings. The second kappa shape index (κ2) is 5.11. The van der Waals surface area contributed by atoms with E-state index in [1.54, 1.807) is 0 Å². The molecule has 12 heavy (non-hydrogen) atoms. The fourth-order valence-corrected chi connectivity index (χ4v) is 1.24. The number of amides is 1. The van der Waals surface area contributed by atoms with Crippen LogP contribution in [0.15, 0.2) is 0 Å². The van der Waals surface area contributed by atoms with Crippen molar-refractivity contribution in [2.24, 2.45) is 0 Å². The molecule has 1 atom stereocenters. The van der Waals surface area contributed by atoms with Crippen LogP contribution in [-0.2, 0) is 9.53 Å². The summed E-state index contributed by atoms with van der Waals surface area (Å²) in [6.07, 6.45) is 2.61. The second-order valence-electron chi connectivity index (χ2n) is 2.87. The maximum Gasteiger partial charge on any atom is 0.249 e. The highest BCUT2D eigenvalue weighted by Crippen LogP contribution is 2.12. The molecule has 70 valence electrons. The van der Waals surface area contributed by atoms with Crippen LogP contribution in [0.5, 0.6) is 0 Å². The van der Waals surface area contributed by atoms with Crippen molar-refractivity contribution < 1.29 is 14.6 Å². The van der Waals surface area contributed by atoms with E-state index in [4.69, 9.17) is 9.84 Å². The first kappa shape index (κ1) is 9.48. The smallest absolute Gasteiger partial charge is 0.249 e. The summed E-state index contributed by atoms with van der Waals surface area (Å²) in [5, 5.41) is 11.0. The lowest BCUT2D eigenvalue weighted by Gasteiger charge is -2.21. The molecule has 0 saturated carbocycles. The number of carbonyl (C=O) groups excluding carboxylic acids is 1. The SMILES string of the molecule is O=C(NCCO)C1CCCCO1. The van der Waals surface area contributed by atoms with Crippen LogP contribution in [0.1, 0.15) is 19.3 Å².